The normalized spacial score (nSPS) is 16.4. The van der Waals surface area contributed by atoms with Gasteiger partial charge in [0, 0.05) is 20.1 Å². The zero-order valence-corrected chi connectivity index (χ0v) is 17.8. The fraction of sp³-hybridized carbons (Fsp3) is 0.571. The van der Waals surface area contributed by atoms with Crippen molar-refractivity contribution in [3.63, 3.8) is 0 Å². The molecule has 0 spiro atoms. The first-order valence-electron chi connectivity index (χ1n) is 10.4. The number of likely N-dealkylation sites (tertiary alicyclic amines) is 1. The number of aliphatic imine (C=N–C) groups is 1. The molecule has 0 aliphatic carbocycles. The zero-order valence-electron chi connectivity index (χ0n) is 17.8. The first-order chi connectivity index (χ1) is 14.2. The summed E-state index contributed by atoms with van der Waals surface area (Å²) in [4.78, 5) is 7.26. The Morgan fingerprint density at radius 1 is 1.17 bits per heavy atom. The van der Waals surface area contributed by atoms with E-state index in [9.17, 15) is 0 Å². The van der Waals surface area contributed by atoms with Crippen molar-refractivity contribution in [1.29, 1.82) is 0 Å². The Bertz CT molecular complexity index is 766. The molecule has 1 aliphatic rings. The Hall–Kier alpha value is -2.61. The van der Waals surface area contributed by atoms with Crippen molar-refractivity contribution in [2.45, 2.75) is 38.8 Å². The molecule has 1 saturated heterocycles. The van der Waals surface area contributed by atoms with E-state index >= 15 is 0 Å². The molecule has 158 valence electrons. The number of piperidine rings is 1. The Morgan fingerprint density at radius 2 is 1.93 bits per heavy atom. The van der Waals surface area contributed by atoms with Gasteiger partial charge in [-0.1, -0.05) is 18.6 Å². The summed E-state index contributed by atoms with van der Waals surface area (Å²) < 4.78 is 7.22. The topological polar surface area (TPSA) is 79.6 Å². The SMILES string of the molecule is CCNC(=NCc1nncn1C)NCC(c1ccc(OC)cc1)N1CCCCC1. The summed E-state index contributed by atoms with van der Waals surface area (Å²) in [6, 6.07) is 8.71. The average Bonchev–Trinajstić information content (AvgIpc) is 3.18. The van der Waals surface area contributed by atoms with Crippen molar-refractivity contribution >= 4 is 5.96 Å². The van der Waals surface area contributed by atoms with E-state index in [1.165, 1.54) is 24.8 Å². The second-order valence-corrected chi connectivity index (χ2v) is 7.32. The molecular formula is C21H33N7O. The highest BCUT2D eigenvalue weighted by atomic mass is 16.5. The van der Waals surface area contributed by atoms with E-state index in [0.29, 0.717) is 12.6 Å². The maximum atomic E-state index is 5.33. The number of methoxy groups -OCH3 is 1. The Morgan fingerprint density at radius 3 is 2.55 bits per heavy atom. The molecule has 0 radical (unpaired) electrons. The van der Waals surface area contributed by atoms with Crippen LogP contribution in [0.1, 0.15) is 43.6 Å². The van der Waals surface area contributed by atoms with Crippen molar-refractivity contribution in [2.75, 3.05) is 33.3 Å². The van der Waals surface area contributed by atoms with Gasteiger partial charge < -0.3 is 19.9 Å². The van der Waals surface area contributed by atoms with E-state index in [2.05, 4.69) is 49.8 Å². The molecule has 2 aromatic rings. The molecule has 1 aromatic carbocycles. The van der Waals surface area contributed by atoms with Gasteiger partial charge in [-0.25, -0.2) is 4.99 Å². The van der Waals surface area contributed by atoms with E-state index < -0.39 is 0 Å². The van der Waals surface area contributed by atoms with Crippen LogP contribution < -0.4 is 15.4 Å². The molecule has 1 fully saturated rings. The van der Waals surface area contributed by atoms with Crippen LogP contribution in [0.15, 0.2) is 35.6 Å². The first kappa shape index (κ1) is 21.1. The molecule has 2 N–H and O–H groups in total. The Labute approximate surface area is 173 Å². The van der Waals surface area contributed by atoms with Crippen LogP contribution in [0.5, 0.6) is 5.75 Å². The molecule has 0 amide bonds. The number of guanidine groups is 1. The van der Waals surface area contributed by atoms with Crippen LogP contribution in [0.2, 0.25) is 0 Å². The Balaban J connectivity index is 1.71. The summed E-state index contributed by atoms with van der Waals surface area (Å²) in [6.07, 6.45) is 5.53. The van der Waals surface area contributed by atoms with Crippen LogP contribution in [0.3, 0.4) is 0 Å². The molecule has 8 nitrogen and oxygen atoms in total. The minimum atomic E-state index is 0.292. The van der Waals surface area contributed by atoms with Gasteiger partial charge in [-0.15, -0.1) is 10.2 Å². The monoisotopic (exact) mass is 399 g/mol. The van der Waals surface area contributed by atoms with Gasteiger partial charge >= 0.3 is 0 Å². The quantitative estimate of drug-likeness (QED) is 0.523. The maximum absolute atomic E-state index is 5.33. The van der Waals surface area contributed by atoms with Crippen molar-refractivity contribution in [3.05, 3.63) is 42.0 Å². The summed E-state index contributed by atoms with van der Waals surface area (Å²) in [6.45, 7) is 6.42. The highest BCUT2D eigenvalue weighted by molar-refractivity contribution is 5.79. The van der Waals surface area contributed by atoms with Crippen molar-refractivity contribution < 1.29 is 4.74 Å². The molecule has 1 aliphatic heterocycles. The summed E-state index contributed by atoms with van der Waals surface area (Å²) in [5.41, 5.74) is 1.30. The van der Waals surface area contributed by atoms with Crippen molar-refractivity contribution in [3.8, 4) is 5.75 Å². The Kier molecular flexibility index (Phi) is 7.86. The lowest BCUT2D eigenvalue weighted by molar-refractivity contribution is 0.164. The van der Waals surface area contributed by atoms with Gasteiger partial charge in [0.15, 0.2) is 11.8 Å². The van der Waals surface area contributed by atoms with Crippen molar-refractivity contribution in [1.82, 2.24) is 30.3 Å². The van der Waals surface area contributed by atoms with Crippen LogP contribution in [-0.2, 0) is 13.6 Å². The molecule has 0 bridgehead atoms. The van der Waals surface area contributed by atoms with Crippen molar-refractivity contribution in [2.24, 2.45) is 12.0 Å². The second kappa shape index (κ2) is 10.8. The predicted octanol–water partition coefficient (Wildman–Crippen LogP) is 2.11. The van der Waals surface area contributed by atoms with Gasteiger partial charge in [0.05, 0.1) is 13.2 Å². The van der Waals surface area contributed by atoms with E-state index in [4.69, 9.17) is 4.74 Å². The van der Waals surface area contributed by atoms with Crippen LogP contribution in [-0.4, -0.2) is 58.9 Å². The number of nitrogens with one attached hydrogen (secondary N) is 2. The molecule has 1 aromatic heterocycles. The van der Waals surface area contributed by atoms with Crippen LogP contribution in [0, 0.1) is 0 Å². The standard InChI is InChI=1S/C21H33N7O/c1-4-22-21(24-15-20-26-25-16-27(20)2)23-14-19(28-12-6-5-7-13-28)17-8-10-18(29-3)11-9-17/h8-11,16,19H,4-7,12-15H2,1-3H3,(H2,22,23,24). The largest absolute Gasteiger partial charge is 0.497 e. The molecular weight excluding hydrogens is 366 g/mol. The van der Waals surface area contributed by atoms with E-state index in [1.807, 2.05) is 23.7 Å². The van der Waals surface area contributed by atoms with Crippen LogP contribution in [0.4, 0.5) is 0 Å². The summed E-state index contributed by atoms with van der Waals surface area (Å²) >= 11 is 0. The number of hydrogen-bond donors (Lipinski definition) is 2. The number of ether oxygens (including phenoxy) is 1. The third-order valence-electron chi connectivity index (χ3n) is 5.32. The third-order valence-corrected chi connectivity index (χ3v) is 5.32. The highest BCUT2D eigenvalue weighted by Gasteiger charge is 2.22. The van der Waals surface area contributed by atoms with E-state index in [-0.39, 0.29) is 0 Å². The molecule has 8 heteroatoms. The minimum absolute atomic E-state index is 0.292. The number of aromatic nitrogens is 3. The van der Waals surface area contributed by atoms with Crippen LogP contribution >= 0.6 is 0 Å². The zero-order chi connectivity index (χ0) is 20.5. The van der Waals surface area contributed by atoms with Crippen LogP contribution in [0.25, 0.3) is 0 Å². The van der Waals surface area contributed by atoms with Gasteiger partial charge in [0.1, 0.15) is 18.6 Å². The summed E-state index contributed by atoms with van der Waals surface area (Å²) in [5, 5.41) is 14.9. The summed E-state index contributed by atoms with van der Waals surface area (Å²) in [5.74, 6) is 2.52. The lowest BCUT2D eigenvalue weighted by atomic mass is 10.0. The number of aryl methyl sites for hydroxylation is 1. The maximum Gasteiger partial charge on any atom is 0.191 e. The second-order valence-electron chi connectivity index (χ2n) is 7.32. The fourth-order valence-corrected chi connectivity index (χ4v) is 3.65. The highest BCUT2D eigenvalue weighted by Crippen LogP contribution is 2.25. The van der Waals surface area contributed by atoms with E-state index in [1.54, 1.807) is 13.4 Å². The van der Waals surface area contributed by atoms with Gasteiger partial charge in [-0.2, -0.15) is 0 Å². The molecule has 2 heterocycles. The minimum Gasteiger partial charge on any atom is -0.497 e. The predicted molar refractivity (Wildman–Crippen MR) is 115 cm³/mol. The molecule has 1 unspecified atom stereocenters. The van der Waals surface area contributed by atoms with Gasteiger partial charge in [0.25, 0.3) is 0 Å². The van der Waals surface area contributed by atoms with Gasteiger partial charge in [0.2, 0.25) is 0 Å². The number of nitrogens with zero attached hydrogens (tertiary/aromatic N) is 5. The number of hydrogen-bond acceptors (Lipinski definition) is 5. The molecule has 1 atom stereocenters. The summed E-state index contributed by atoms with van der Waals surface area (Å²) in [7, 11) is 3.64. The number of benzene rings is 1. The smallest absolute Gasteiger partial charge is 0.191 e. The molecule has 3 rings (SSSR count). The molecule has 0 saturated carbocycles. The lowest BCUT2D eigenvalue weighted by Gasteiger charge is -2.35. The van der Waals surface area contributed by atoms with Gasteiger partial charge in [-0.05, 0) is 50.6 Å². The number of rotatable bonds is 8. The average molecular weight is 400 g/mol. The molecule has 29 heavy (non-hydrogen) atoms. The third kappa shape index (κ3) is 5.93. The fourth-order valence-electron chi connectivity index (χ4n) is 3.65. The van der Waals surface area contributed by atoms with Gasteiger partial charge in [-0.3, -0.25) is 4.90 Å². The first-order valence-corrected chi connectivity index (χ1v) is 10.4. The van der Waals surface area contributed by atoms with E-state index in [0.717, 1.165) is 43.7 Å². The lowest BCUT2D eigenvalue weighted by Crippen LogP contribution is -2.44.